The van der Waals surface area contributed by atoms with Crippen molar-refractivity contribution in [2.45, 2.75) is 32.2 Å². The van der Waals surface area contributed by atoms with Crippen molar-refractivity contribution in [2.75, 3.05) is 5.32 Å². The van der Waals surface area contributed by atoms with Crippen LogP contribution in [0.3, 0.4) is 0 Å². The molecule has 0 amide bonds. The molecule has 2 unspecified atom stereocenters. The van der Waals surface area contributed by atoms with Crippen LogP contribution in [0.25, 0.3) is 0 Å². The van der Waals surface area contributed by atoms with Crippen molar-refractivity contribution in [1.29, 1.82) is 0 Å². The van der Waals surface area contributed by atoms with Crippen molar-refractivity contribution in [1.82, 2.24) is 0 Å². The van der Waals surface area contributed by atoms with Gasteiger partial charge < -0.3 is 10.4 Å². The average molecular weight is 219 g/mol. The van der Waals surface area contributed by atoms with E-state index in [1.54, 1.807) is 12.1 Å². The van der Waals surface area contributed by atoms with E-state index in [1.807, 2.05) is 12.1 Å². The lowest BCUT2D eigenvalue weighted by atomic mass is 10.2. The molecule has 0 saturated heterocycles. The van der Waals surface area contributed by atoms with Crippen LogP contribution in [0.5, 0.6) is 0 Å². The van der Waals surface area contributed by atoms with Crippen molar-refractivity contribution in [3.8, 4) is 0 Å². The monoisotopic (exact) mass is 219 g/mol. The molecule has 1 aliphatic carbocycles. The molecule has 0 heterocycles. The van der Waals surface area contributed by atoms with E-state index < -0.39 is 5.97 Å². The lowest BCUT2D eigenvalue weighted by molar-refractivity contribution is 0.0697. The predicted molar refractivity (Wildman–Crippen MR) is 63.8 cm³/mol. The number of nitrogens with one attached hydrogen (secondary N) is 1. The molecule has 0 radical (unpaired) electrons. The van der Waals surface area contributed by atoms with Gasteiger partial charge in [0.05, 0.1) is 5.56 Å². The molecule has 2 rings (SSSR count). The van der Waals surface area contributed by atoms with Crippen LogP contribution in [0.4, 0.5) is 5.69 Å². The van der Waals surface area contributed by atoms with Crippen LogP contribution < -0.4 is 5.32 Å². The predicted octanol–water partition coefficient (Wildman–Crippen LogP) is 2.99. The van der Waals surface area contributed by atoms with E-state index in [1.165, 1.54) is 19.3 Å². The molecule has 2 N–H and O–H groups in total. The van der Waals surface area contributed by atoms with E-state index in [0.29, 0.717) is 11.6 Å². The third kappa shape index (κ3) is 2.54. The van der Waals surface area contributed by atoms with Gasteiger partial charge in [0.1, 0.15) is 0 Å². The Bertz CT molecular complexity index is 372. The average Bonchev–Trinajstić information content (AvgIpc) is 2.98. The topological polar surface area (TPSA) is 49.3 Å². The van der Waals surface area contributed by atoms with Gasteiger partial charge in [0.2, 0.25) is 0 Å². The molecule has 0 aliphatic heterocycles. The van der Waals surface area contributed by atoms with E-state index >= 15 is 0 Å². The SMILES string of the molecule is CCCC1CC1Nc1ccc(C(=O)O)cc1. The van der Waals surface area contributed by atoms with Crippen LogP contribution in [0.2, 0.25) is 0 Å². The normalized spacial score (nSPS) is 22.8. The van der Waals surface area contributed by atoms with Gasteiger partial charge in [-0.15, -0.1) is 0 Å². The van der Waals surface area contributed by atoms with Gasteiger partial charge in [-0.2, -0.15) is 0 Å². The molecular weight excluding hydrogens is 202 g/mol. The second-order valence-corrected chi connectivity index (χ2v) is 4.42. The molecule has 1 saturated carbocycles. The Balaban J connectivity index is 1.89. The summed E-state index contributed by atoms with van der Waals surface area (Å²) >= 11 is 0. The number of aromatic carboxylic acids is 1. The van der Waals surface area contributed by atoms with Crippen molar-refractivity contribution in [2.24, 2.45) is 5.92 Å². The Hall–Kier alpha value is -1.51. The Morgan fingerprint density at radius 2 is 2.12 bits per heavy atom. The summed E-state index contributed by atoms with van der Waals surface area (Å²) < 4.78 is 0. The zero-order chi connectivity index (χ0) is 11.5. The number of carboxylic acid groups (broad SMARTS) is 1. The third-order valence-corrected chi connectivity index (χ3v) is 3.07. The second-order valence-electron chi connectivity index (χ2n) is 4.42. The minimum absolute atomic E-state index is 0.339. The molecule has 3 heteroatoms. The van der Waals surface area contributed by atoms with Crippen molar-refractivity contribution >= 4 is 11.7 Å². The van der Waals surface area contributed by atoms with Crippen LogP contribution in [-0.4, -0.2) is 17.1 Å². The number of carboxylic acids is 1. The first-order valence-corrected chi connectivity index (χ1v) is 5.80. The molecule has 2 atom stereocenters. The number of rotatable bonds is 5. The summed E-state index contributed by atoms with van der Waals surface area (Å²) in [4.78, 5) is 10.7. The number of hydrogen-bond donors (Lipinski definition) is 2. The molecule has 1 fully saturated rings. The van der Waals surface area contributed by atoms with Crippen LogP contribution >= 0.6 is 0 Å². The Labute approximate surface area is 95.5 Å². The zero-order valence-corrected chi connectivity index (χ0v) is 9.44. The highest BCUT2D eigenvalue weighted by atomic mass is 16.4. The lowest BCUT2D eigenvalue weighted by Gasteiger charge is -2.05. The van der Waals surface area contributed by atoms with Gasteiger partial charge in [0, 0.05) is 11.7 Å². The van der Waals surface area contributed by atoms with Gasteiger partial charge in [0.15, 0.2) is 0 Å². The van der Waals surface area contributed by atoms with E-state index in [9.17, 15) is 4.79 Å². The van der Waals surface area contributed by atoms with Gasteiger partial charge in [-0.05, 0) is 43.0 Å². The highest BCUT2D eigenvalue weighted by molar-refractivity contribution is 5.88. The molecule has 0 bridgehead atoms. The lowest BCUT2D eigenvalue weighted by Crippen LogP contribution is -2.05. The first-order chi connectivity index (χ1) is 7.70. The summed E-state index contributed by atoms with van der Waals surface area (Å²) in [5, 5.41) is 12.2. The van der Waals surface area contributed by atoms with Crippen molar-refractivity contribution < 1.29 is 9.90 Å². The number of carbonyl (C=O) groups is 1. The van der Waals surface area contributed by atoms with Crippen molar-refractivity contribution in [3.05, 3.63) is 29.8 Å². The standard InChI is InChI=1S/C13H17NO2/c1-2-3-10-8-12(10)14-11-6-4-9(5-7-11)13(15)16/h4-7,10,12,14H,2-3,8H2,1H3,(H,15,16). The van der Waals surface area contributed by atoms with Crippen LogP contribution in [-0.2, 0) is 0 Å². The molecule has 0 aromatic heterocycles. The summed E-state index contributed by atoms with van der Waals surface area (Å²) in [7, 11) is 0. The minimum atomic E-state index is -0.873. The molecule has 0 spiro atoms. The molecule has 1 aliphatic rings. The first-order valence-electron chi connectivity index (χ1n) is 5.80. The fourth-order valence-corrected chi connectivity index (χ4v) is 2.04. The quantitative estimate of drug-likeness (QED) is 0.800. The molecule has 1 aromatic carbocycles. The van der Waals surface area contributed by atoms with Gasteiger partial charge >= 0.3 is 5.97 Å². The van der Waals surface area contributed by atoms with E-state index in [0.717, 1.165) is 11.6 Å². The second kappa shape index (κ2) is 4.56. The summed E-state index contributed by atoms with van der Waals surface area (Å²) in [6.07, 6.45) is 3.76. The number of anilines is 1. The molecule has 86 valence electrons. The highest BCUT2D eigenvalue weighted by Gasteiger charge is 2.35. The maximum Gasteiger partial charge on any atom is 0.335 e. The van der Waals surface area contributed by atoms with Crippen LogP contribution in [0.1, 0.15) is 36.5 Å². The summed E-state index contributed by atoms with van der Waals surface area (Å²) in [6, 6.07) is 7.55. The largest absolute Gasteiger partial charge is 0.478 e. The number of benzene rings is 1. The Morgan fingerprint density at radius 3 is 2.69 bits per heavy atom. The van der Waals surface area contributed by atoms with Crippen LogP contribution in [0.15, 0.2) is 24.3 Å². The fraction of sp³-hybridized carbons (Fsp3) is 0.462. The zero-order valence-electron chi connectivity index (χ0n) is 9.44. The van der Waals surface area contributed by atoms with Crippen molar-refractivity contribution in [3.63, 3.8) is 0 Å². The highest BCUT2D eigenvalue weighted by Crippen LogP contribution is 2.37. The van der Waals surface area contributed by atoms with Crippen LogP contribution in [0, 0.1) is 5.92 Å². The smallest absolute Gasteiger partial charge is 0.335 e. The number of hydrogen-bond acceptors (Lipinski definition) is 2. The molecular formula is C13H17NO2. The Kier molecular flexibility index (Phi) is 3.13. The van der Waals surface area contributed by atoms with Gasteiger partial charge in [0.25, 0.3) is 0 Å². The van der Waals surface area contributed by atoms with Gasteiger partial charge in [-0.1, -0.05) is 13.3 Å². The van der Waals surface area contributed by atoms with E-state index in [2.05, 4.69) is 12.2 Å². The van der Waals surface area contributed by atoms with E-state index in [-0.39, 0.29) is 0 Å². The van der Waals surface area contributed by atoms with Gasteiger partial charge in [-0.25, -0.2) is 4.79 Å². The maximum absolute atomic E-state index is 10.7. The summed E-state index contributed by atoms with van der Waals surface area (Å²) in [5.74, 6) is -0.0639. The maximum atomic E-state index is 10.7. The molecule has 1 aromatic rings. The third-order valence-electron chi connectivity index (χ3n) is 3.07. The Morgan fingerprint density at radius 1 is 1.44 bits per heavy atom. The van der Waals surface area contributed by atoms with E-state index in [4.69, 9.17) is 5.11 Å². The fourth-order valence-electron chi connectivity index (χ4n) is 2.04. The minimum Gasteiger partial charge on any atom is -0.478 e. The first kappa shape index (κ1) is 11.0. The molecule has 3 nitrogen and oxygen atoms in total. The van der Waals surface area contributed by atoms with Gasteiger partial charge in [-0.3, -0.25) is 0 Å². The molecule has 16 heavy (non-hydrogen) atoms. The summed E-state index contributed by atoms with van der Waals surface area (Å²) in [6.45, 7) is 2.21. The summed E-state index contributed by atoms with van der Waals surface area (Å²) in [5.41, 5.74) is 1.36.